The maximum Gasteiger partial charge on any atom is 0.251 e. The molecule has 1 aromatic heterocycles. The Bertz CT molecular complexity index is 670. The number of ether oxygens (including phenoxy) is 1. The van der Waals surface area contributed by atoms with Crippen molar-refractivity contribution in [1.29, 1.82) is 0 Å². The Labute approximate surface area is 111 Å². The second kappa shape index (κ2) is 4.70. The van der Waals surface area contributed by atoms with Crippen molar-refractivity contribution in [1.82, 2.24) is 10.3 Å². The molecule has 3 rings (SSSR count). The van der Waals surface area contributed by atoms with Crippen LogP contribution in [0.3, 0.4) is 0 Å². The Morgan fingerprint density at radius 1 is 1.32 bits per heavy atom. The van der Waals surface area contributed by atoms with Gasteiger partial charge in [-0.3, -0.25) is 4.79 Å². The minimum absolute atomic E-state index is 0.0365. The number of aromatic amines is 1. The molecule has 0 aliphatic carbocycles. The average Bonchev–Trinajstić information content (AvgIpc) is 2.92. The molecule has 1 aliphatic rings. The van der Waals surface area contributed by atoms with E-state index in [1.165, 1.54) is 0 Å². The van der Waals surface area contributed by atoms with Gasteiger partial charge in [0.2, 0.25) is 0 Å². The number of benzene rings is 1. The smallest absolute Gasteiger partial charge is 0.251 e. The van der Waals surface area contributed by atoms with E-state index in [2.05, 4.69) is 10.3 Å². The molecule has 1 atom stereocenters. The van der Waals surface area contributed by atoms with Crippen molar-refractivity contribution in [2.75, 3.05) is 20.2 Å². The van der Waals surface area contributed by atoms with E-state index in [0.717, 1.165) is 47.3 Å². The first kappa shape index (κ1) is 12.2. The highest BCUT2D eigenvalue weighted by atomic mass is 16.5. The van der Waals surface area contributed by atoms with Crippen LogP contribution < -0.4 is 15.6 Å². The Hall–Kier alpha value is -1.81. The monoisotopic (exact) mass is 258 g/mol. The number of pyridine rings is 1. The molecule has 0 spiro atoms. The summed E-state index contributed by atoms with van der Waals surface area (Å²) in [6, 6.07) is 5.93. The van der Waals surface area contributed by atoms with Crippen LogP contribution in [-0.2, 0) is 0 Å². The summed E-state index contributed by atoms with van der Waals surface area (Å²) >= 11 is 0. The van der Waals surface area contributed by atoms with E-state index in [0.29, 0.717) is 5.92 Å². The van der Waals surface area contributed by atoms with Crippen molar-refractivity contribution < 1.29 is 4.74 Å². The molecule has 2 N–H and O–H groups in total. The van der Waals surface area contributed by atoms with Gasteiger partial charge in [-0.25, -0.2) is 0 Å². The van der Waals surface area contributed by atoms with Gasteiger partial charge in [-0.2, -0.15) is 0 Å². The first-order valence-corrected chi connectivity index (χ1v) is 6.61. The summed E-state index contributed by atoms with van der Waals surface area (Å²) in [6.45, 7) is 3.86. The van der Waals surface area contributed by atoms with Gasteiger partial charge in [-0.15, -0.1) is 0 Å². The standard InChI is InChI=1S/C15H18N2O2/c1-9-5-12(19-2)6-11-7-13(10-3-4-16-8-10)15(18)17-14(9)11/h5-7,10,16H,3-4,8H2,1-2H3,(H,17,18). The van der Waals surface area contributed by atoms with Crippen molar-refractivity contribution in [2.24, 2.45) is 0 Å². The van der Waals surface area contributed by atoms with E-state index < -0.39 is 0 Å². The molecule has 1 aliphatic heterocycles. The first-order valence-electron chi connectivity index (χ1n) is 6.61. The fourth-order valence-corrected chi connectivity index (χ4v) is 2.82. The van der Waals surface area contributed by atoms with E-state index in [4.69, 9.17) is 4.74 Å². The Morgan fingerprint density at radius 2 is 2.16 bits per heavy atom. The molecule has 1 saturated heterocycles. The highest BCUT2D eigenvalue weighted by Gasteiger charge is 2.20. The number of hydrogen-bond acceptors (Lipinski definition) is 3. The molecular weight excluding hydrogens is 240 g/mol. The Kier molecular flexibility index (Phi) is 3.03. The number of aryl methyl sites for hydroxylation is 1. The van der Waals surface area contributed by atoms with Gasteiger partial charge in [0, 0.05) is 23.4 Å². The maximum atomic E-state index is 12.2. The summed E-state index contributed by atoms with van der Waals surface area (Å²) < 4.78 is 5.29. The lowest BCUT2D eigenvalue weighted by Gasteiger charge is -2.11. The van der Waals surface area contributed by atoms with Crippen LogP contribution in [0.2, 0.25) is 0 Å². The van der Waals surface area contributed by atoms with Crippen LogP contribution in [0.25, 0.3) is 10.9 Å². The zero-order valence-electron chi connectivity index (χ0n) is 11.2. The van der Waals surface area contributed by atoms with E-state index in [-0.39, 0.29) is 5.56 Å². The molecule has 1 unspecified atom stereocenters. The van der Waals surface area contributed by atoms with E-state index >= 15 is 0 Å². The molecule has 0 bridgehead atoms. The summed E-state index contributed by atoms with van der Waals surface area (Å²) in [5, 5.41) is 4.34. The van der Waals surface area contributed by atoms with Crippen LogP contribution in [0, 0.1) is 6.92 Å². The van der Waals surface area contributed by atoms with Crippen molar-refractivity contribution in [3.63, 3.8) is 0 Å². The van der Waals surface area contributed by atoms with Crippen LogP contribution in [0.1, 0.15) is 23.5 Å². The van der Waals surface area contributed by atoms with Crippen LogP contribution in [-0.4, -0.2) is 25.2 Å². The molecule has 2 aromatic rings. The lowest BCUT2D eigenvalue weighted by Crippen LogP contribution is -2.18. The van der Waals surface area contributed by atoms with Crippen LogP contribution in [0.4, 0.5) is 0 Å². The molecule has 4 heteroatoms. The van der Waals surface area contributed by atoms with Gasteiger partial charge in [-0.1, -0.05) is 0 Å². The number of rotatable bonds is 2. The largest absolute Gasteiger partial charge is 0.497 e. The highest BCUT2D eigenvalue weighted by molar-refractivity contribution is 5.83. The molecule has 0 radical (unpaired) electrons. The average molecular weight is 258 g/mol. The third-order valence-electron chi connectivity index (χ3n) is 3.89. The molecule has 1 fully saturated rings. The molecule has 4 nitrogen and oxygen atoms in total. The maximum absolute atomic E-state index is 12.2. The molecule has 100 valence electrons. The Balaban J connectivity index is 2.20. The van der Waals surface area contributed by atoms with E-state index in [1.807, 2.05) is 25.1 Å². The van der Waals surface area contributed by atoms with Gasteiger partial charge in [-0.05, 0) is 43.7 Å². The van der Waals surface area contributed by atoms with Gasteiger partial charge in [0.05, 0.1) is 12.6 Å². The predicted molar refractivity (Wildman–Crippen MR) is 76.1 cm³/mol. The topological polar surface area (TPSA) is 54.1 Å². The van der Waals surface area contributed by atoms with Gasteiger partial charge in [0.1, 0.15) is 5.75 Å². The summed E-state index contributed by atoms with van der Waals surface area (Å²) in [5.74, 6) is 1.15. The zero-order valence-corrected chi connectivity index (χ0v) is 11.2. The third kappa shape index (κ3) is 2.12. The van der Waals surface area contributed by atoms with E-state index in [9.17, 15) is 4.79 Å². The van der Waals surface area contributed by atoms with Crippen LogP contribution in [0.15, 0.2) is 23.0 Å². The molecule has 19 heavy (non-hydrogen) atoms. The first-order chi connectivity index (χ1) is 9.19. The minimum Gasteiger partial charge on any atom is -0.497 e. The second-order valence-electron chi connectivity index (χ2n) is 5.15. The fourth-order valence-electron chi connectivity index (χ4n) is 2.82. The normalized spacial score (nSPS) is 18.9. The van der Waals surface area contributed by atoms with Crippen molar-refractivity contribution in [2.45, 2.75) is 19.3 Å². The van der Waals surface area contributed by atoms with Crippen molar-refractivity contribution in [3.05, 3.63) is 39.7 Å². The lowest BCUT2D eigenvalue weighted by molar-refractivity contribution is 0.415. The van der Waals surface area contributed by atoms with Gasteiger partial charge in [0.15, 0.2) is 0 Å². The van der Waals surface area contributed by atoms with Crippen LogP contribution >= 0.6 is 0 Å². The van der Waals surface area contributed by atoms with E-state index in [1.54, 1.807) is 7.11 Å². The number of methoxy groups -OCH3 is 1. The van der Waals surface area contributed by atoms with Crippen LogP contribution in [0.5, 0.6) is 5.75 Å². The van der Waals surface area contributed by atoms with Crippen molar-refractivity contribution >= 4 is 10.9 Å². The second-order valence-corrected chi connectivity index (χ2v) is 5.15. The number of nitrogens with one attached hydrogen (secondary N) is 2. The molecule has 2 heterocycles. The van der Waals surface area contributed by atoms with Gasteiger partial charge < -0.3 is 15.0 Å². The number of H-pyrrole nitrogens is 1. The Morgan fingerprint density at radius 3 is 2.84 bits per heavy atom. The number of fused-ring (bicyclic) bond motifs is 1. The highest BCUT2D eigenvalue weighted by Crippen LogP contribution is 2.26. The summed E-state index contributed by atoms with van der Waals surface area (Å²) in [4.78, 5) is 15.2. The third-order valence-corrected chi connectivity index (χ3v) is 3.89. The van der Waals surface area contributed by atoms with Gasteiger partial charge in [0.25, 0.3) is 5.56 Å². The lowest BCUT2D eigenvalue weighted by atomic mass is 9.97. The summed E-state index contributed by atoms with van der Waals surface area (Å²) in [7, 11) is 1.66. The molecular formula is C15H18N2O2. The predicted octanol–water partition coefficient (Wildman–Crippen LogP) is 1.92. The van der Waals surface area contributed by atoms with Gasteiger partial charge >= 0.3 is 0 Å². The summed E-state index contributed by atoms with van der Waals surface area (Å²) in [6.07, 6.45) is 1.03. The SMILES string of the molecule is COc1cc(C)c2[nH]c(=O)c(C3CCNC3)cc2c1. The fraction of sp³-hybridized carbons (Fsp3) is 0.400. The summed E-state index contributed by atoms with van der Waals surface area (Å²) in [5.41, 5.74) is 2.85. The molecule has 0 saturated carbocycles. The minimum atomic E-state index is 0.0365. The quantitative estimate of drug-likeness (QED) is 0.865. The number of aromatic nitrogens is 1. The molecule has 1 aromatic carbocycles. The number of hydrogen-bond donors (Lipinski definition) is 2. The zero-order chi connectivity index (χ0) is 13.4. The van der Waals surface area contributed by atoms with Crippen molar-refractivity contribution in [3.8, 4) is 5.75 Å². The molecule has 0 amide bonds.